The summed E-state index contributed by atoms with van der Waals surface area (Å²) in [6.45, 7) is 3.79. The highest BCUT2D eigenvalue weighted by atomic mass is 32.2. The highest BCUT2D eigenvalue weighted by Gasteiger charge is 2.29. The average Bonchev–Trinajstić information content (AvgIpc) is 3.15. The molecule has 8 heteroatoms. The SMILES string of the molecule is O=C1CCCN1c1ccc(S(=O)(=O)N2CCN(Cc3cccnc3)CC2)cc1. The third-order valence-electron chi connectivity index (χ3n) is 5.32. The Morgan fingerprint density at radius 1 is 0.964 bits per heavy atom. The second-order valence-corrected chi connectivity index (χ2v) is 9.12. The van der Waals surface area contributed by atoms with Crippen LogP contribution >= 0.6 is 0 Å². The number of anilines is 1. The minimum Gasteiger partial charge on any atom is -0.312 e. The van der Waals surface area contributed by atoms with Crippen LogP contribution in [0.5, 0.6) is 0 Å². The van der Waals surface area contributed by atoms with Gasteiger partial charge in [0.2, 0.25) is 15.9 Å². The van der Waals surface area contributed by atoms with Crippen LogP contribution in [0.3, 0.4) is 0 Å². The largest absolute Gasteiger partial charge is 0.312 e. The topological polar surface area (TPSA) is 73.8 Å². The van der Waals surface area contributed by atoms with Gasteiger partial charge in [0.15, 0.2) is 0 Å². The number of benzene rings is 1. The van der Waals surface area contributed by atoms with Crippen LogP contribution in [-0.2, 0) is 21.4 Å². The Morgan fingerprint density at radius 3 is 2.32 bits per heavy atom. The molecule has 7 nitrogen and oxygen atoms in total. The summed E-state index contributed by atoms with van der Waals surface area (Å²) in [5.41, 5.74) is 1.90. The number of pyridine rings is 1. The van der Waals surface area contributed by atoms with E-state index in [9.17, 15) is 13.2 Å². The van der Waals surface area contributed by atoms with Crippen LogP contribution in [-0.4, -0.2) is 61.2 Å². The summed E-state index contributed by atoms with van der Waals surface area (Å²) < 4.78 is 27.5. The molecule has 0 atom stereocenters. The molecular weight excluding hydrogens is 376 g/mol. The fourth-order valence-corrected chi connectivity index (χ4v) is 5.17. The summed E-state index contributed by atoms with van der Waals surface area (Å²) in [6.07, 6.45) is 5.00. The third kappa shape index (κ3) is 3.94. The number of nitrogens with zero attached hydrogens (tertiary/aromatic N) is 4. The molecule has 0 unspecified atom stereocenters. The number of aromatic nitrogens is 1. The highest BCUT2D eigenvalue weighted by Crippen LogP contribution is 2.25. The van der Waals surface area contributed by atoms with Gasteiger partial charge in [0.05, 0.1) is 4.90 Å². The smallest absolute Gasteiger partial charge is 0.243 e. The molecule has 2 aliphatic rings. The van der Waals surface area contributed by atoms with Crippen LogP contribution in [0.25, 0.3) is 0 Å². The molecule has 148 valence electrons. The van der Waals surface area contributed by atoms with E-state index in [2.05, 4.69) is 9.88 Å². The van der Waals surface area contributed by atoms with Crippen LogP contribution in [0, 0.1) is 0 Å². The minimum atomic E-state index is -3.52. The van der Waals surface area contributed by atoms with E-state index in [0.29, 0.717) is 39.1 Å². The second kappa shape index (κ2) is 7.98. The molecule has 1 aromatic carbocycles. The zero-order chi connectivity index (χ0) is 19.6. The molecule has 0 bridgehead atoms. The second-order valence-electron chi connectivity index (χ2n) is 7.18. The van der Waals surface area contributed by atoms with Gasteiger partial charge in [0, 0.05) is 63.8 Å². The number of hydrogen-bond acceptors (Lipinski definition) is 5. The van der Waals surface area contributed by atoms with Gasteiger partial charge in [-0.1, -0.05) is 6.07 Å². The molecule has 4 rings (SSSR count). The first-order valence-corrected chi connectivity index (χ1v) is 11.0. The van der Waals surface area contributed by atoms with Crippen molar-refractivity contribution in [3.63, 3.8) is 0 Å². The Bertz CT molecular complexity index is 924. The van der Waals surface area contributed by atoms with Crippen molar-refractivity contribution in [2.75, 3.05) is 37.6 Å². The van der Waals surface area contributed by atoms with Gasteiger partial charge in [0.1, 0.15) is 0 Å². The molecule has 28 heavy (non-hydrogen) atoms. The van der Waals surface area contributed by atoms with Gasteiger partial charge in [-0.2, -0.15) is 4.31 Å². The normalized spacial score (nSPS) is 19.3. The number of carbonyl (C=O) groups excluding carboxylic acids is 1. The molecule has 2 saturated heterocycles. The van der Waals surface area contributed by atoms with Crippen LogP contribution in [0.15, 0.2) is 53.7 Å². The summed E-state index contributed by atoms with van der Waals surface area (Å²) in [6, 6.07) is 10.6. The minimum absolute atomic E-state index is 0.0975. The first kappa shape index (κ1) is 19.0. The van der Waals surface area contributed by atoms with Crippen LogP contribution in [0.4, 0.5) is 5.69 Å². The van der Waals surface area contributed by atoms with Crippen molar-refractivity contribution < 1.29 is 13.2 Å². The van der Waals surface area contributed by atoms with Crippen molar-refractivity contribution in [2.45, 2.75) is 24.3 Å². The van der Waals surface area contributed by atoms with E-state index in [1.807, 2.05) is 18.3 Å². The predicted molar refractivity (Wildman–Crippen MR) is 106 cm³/mol. The molecule has 0 N–H and O–H groups in total. The quantitative estimate of drug-likeness (QED) is 0.764. The zero-order valence-corrected chi connectivity index (χ0v) is 16.5. The Kier molecular flexibility index (Phi) is 5.43. The van der Waals surface area contributed by atoms with Crippen molar-refractivity contribution >= 4 is 21.6 Å². The molecule has 0 saturated carbocycles. The van der Waals surface area contributed by atoms with Crippen molar-refractivity contribution in [1.29, 1.82) is 0 Å². The van der Waals surface area contributed by atoms with Crippen molar-refractivity contribution in [3.8, 4) is 0 Å². The highest BCUT2D eigenvalue weighted by molar-refractivity contribution is 7.89. The standard InChI is InChI=1S/C20H24N4O3S/c25-20-4-2-10-24(20)18-5-7-19(8-6-18)28(26,27)23-13-11-22(12-14-23)16-17-3-1-9-21-15-17/h1,3,5-9,15H,2,4,10-14,16H2. The fourth-order valence-electron chi connectivity index (χ4n) is 3.75. The average molecular weight is 401 g/mol. The van der Waals surface area contributed by atoms with Gasteiger partial charge >= 0.3 is 0 Å². The number of hydrogen-bond donors (Lipinski definition) is 0. The van der Waals surface area contributed by atoms with Gasteiger partial charge in [-0.15, -0.1) is 0 Å². The Hall–Kier alpha value is -2.29. The predicted octanol–water partition coefficient (Wildman–Crippen LogP) is 1.71. The van der Waals surface area contributed by atoms with E-state index in [0.717, 1.165) is 24.2 Å². The maximum absolute atomic E-state index is 13.0. The number of piperazine rings is 1. The Labute approximate surface area is 165 Å². The molecule has 0 spiro atoms. The summed E-state index contributed by atoms with van der Waals surface area (Å²) in [4.78, 5) is 20.2. The Morgan fingerprint density at radius 2 is 1.71 bits per heavy atom. The third-order valence-corrected chi connectivity index (χ3v) is 7.23. The van der Waals surface area contributed by atoms with E-state index in [1.54, 1.807) is 39.7 Å². The molecule has 3 heterocycles. The molecule has 1 aromatic heterocycles. The molecule has 1 amide bonds. The van der Waals surface area contributed by atoms with Gasteiger partial charge < -0.3 is 4.90 Å². The van der Waals surface area contributed by atoms with Gasteiger partial charge in [-0.05, 0) is 42.3 Å². The molecule has 2 fully saturated rings. The van der Waals surface area contributed by atoms with Gasteiger partial charge in [-0.25, -0.2) is 8.42 Å². The first-order valence-electron chi connectivity index (χ1n) is 9.56. The van der Waals surface area contributed by atoms with Crippen molar-refractivity contribution in [3.05, 3.63) is 54.4 Å². The lowest BCUT2D eigenvalue weighted by atomic mass is 10.2. The monoisotopic (exact) mass is 400 g/mol. The molecule has 2 aromatic rings. The van der Waals surface area contributed by atoms with E-state index in [1.165, 1.54) is 0 Å². The number of sulfonamides is 1. The molecular formula is C20H24N4O3S. The Balaban J connectivity index is 1.39. The lowest BCUT2D eigenvalue weighted by molar-refractivity contribution is -0.117. The van der Waals surface area contributed by atoms with E-state index in [-0.39, 0.29) is 10.8 Å². The first-order chi connectivity index (χ1) is 13.5. The zero-order valence-electron chi connectivity index (χ0n) is 15.7. The summed E-state index contributed by atoms with van der Waals surface area (Å²) in [5, 5.41) is 0. The van der Waals surface area contributed by atoms with Gasteiger partial charge in [0.25, 0.3) is 0 Å². The van der Waals surface area contributed by atoms with E-state index < -0.39 is 10.0 Å². The van der Waals surface area contributed by atoms with Crippen LogP contribution < -0.4 is 4.90 Å². The van der Waals surface area contributed by atoms with E-state index >= 15 is 0 Å². The summed E-state index contributed by atoms with van der Waals surface area (Å²) in [7, 11) is -3.52. The van der Waals surface area contributed by atoms with E-state index in [4.69, 9.17) is 0 Å². The maximum atomic E-state index is 13.0. The summed E-state index contributed by atoms with van der Waals surface area (Å²) in [5.74, 6) is 0.0975. The molecule has 0 aliphatic carbocycles. The van der Waals surface area contributed by atoms with Gasteiger partial charge in [-0.3, -0.25) is 14.7 Å². The molecule has 2 aliphatic heterocycles. The maximum Gasteiger partial charge on any atom is 0.243 e. The number of carbonyl (C=O) groups is 1. The van der Waals surface area contributed by atoms with Crippen molar-refractivity contribution in [1.82, 2.24) is 14.2 Å². The summed E-state index contributed by atoms with van der Waals surface area (Å²) >= 11 is 0. The lowest BCUT2D eigenvalue weighted by Crippen LogP contribution is -2.48. The van der Waals surface area contributed by atoms with Crippen molar-refractivity contribution in [2.24, 2.45) is 0 Å². The van der Waals surface area contributed by atoms with Crippen LogP contribution in [0.2, 0.25) is 0 Å². The molecule has 0 radical (unpaired) electrons. The number of rotatable bonds is 5. The van der Waals surface area contributed by atoms with Crippen LogP contribution in [0.1, 0.15) is 18.4 Å². The fraction of sp³-hybridized carbons (Fsp3) is 0.400. The number of amides is 1. The lowest BCUT2D eigenvalue weighted by Gasteiger charge is -2.34.